The van der Waals surface area contributed by atoms with Crippen molar-refractivity contribution in [1.29, 1.82) is 0 Å². The summed E-state index contributed by atoms with van der Waals surface area (Å²) in [4.78, 5) is 17.7. The Bertz CT molecular complexity index is 1370. The summed E-state index contributed by atoms with van der Waals surface area (Å²) in [5.41, 5.74) is 5.23. The fourth-order valence-corrected chi connectivity index (χ4v) is 3.67. The first-order valence-electron chi connectivity index (χ1n) is 9.37. The summed E-state index contributed by atoms with van der Waals surface area (Å²) in [6.45, 7) is 2.54. The Morgan fingerprint density at radius 3 is 2.73 bits per heavy atom. The Labute approximate surface area is 172 Å². The van der Waals surface area contributed by atoms with Crippen molar-refractivity contribution in [2.45, 2.75) is 13.5 Å². The van der Waals surface area contributed by atoms with E-state index in [1.807, 2.05) is 37.5 Å². The van der Waals surface area contributed by atoms with Crippen LogP contribution in [0.1, 0.15) is 11.4 Å². The summed E-state index contributed by atoms with van der Waals surface area (Å²) in [5.74, 6) is 1.97. The van der Waals surface area contributed by atoms with Crippen LogP contribution in [0.2, 0.25) is 0 Å². The van der Waals surface area contributed by atoms with Crippen LogP contribution in [0, 0.1) is 6.92 Å². The van der Waals surface area contributed by atoms with Crippen molar-refractivity contribution < 1.29 is 9.47 Å². The number of ether oxygens (including phenoxy) is 2. The molecular weight excluding hydrogens is 382 g/mol. The second kappa shape index (κ2) is 7.11. The Morgan fingerprint density at radius 2 is 1.90 bits per heavy atom. The summed E-state index contributed by atoms with van der Waals surface area (Å²) < 4.78 is 14.7. The number of hydrogen-bond donors (Lipinski definition) is 0. The minimum Gasteiger partial charge on any atom is -0.481 e. The monoisotopic (exact) mass is 401 g/mol. The highest BCUT2D eigenvalue weighted by atomic mass is 16.5. The molecule has 0 aliphatic carbocycles. The molecule has 9 nitrogen and oxygen atoms in total. The summed E-state index contributed by atoms with van der Waals surface area (Å²) in [7, 11) is 3.22. The molecule has 0 aliphatic heterocycles. The Morgan fingerprint density at radius 1 is 1.03 bits per heavy atom. The lowest BCUT2D eigenvalue weighted by Gasteiger charge is -2.10. The van der Waals surface area contributed by atoms with Crippen LogP contribution in [-0.4, -0.2) is 48.3 Å². The lowest BCUT2D eigenvalue weighted by Crippen LogP contribution is -2.04. The van der Waals surface area contributed by atoms with Gasteiger partial charge in [0.15, 0.2) is 5.65 Å². The zero-order valence-electron chi connectivity index (χ0n) is 16.8. The number of imidazole rings is 1. The molecule has 0 saturated heterocycles. The van der Waals surface area contributed by atoms with Gasteiger partial charge in [-0.2, -0.15) is 10.1 Å². The second-order valence-electron chi connectivity index (χ2n) is 6.78. The molecular formula is C21H19N7O2. The van der Waals surface area contributed by atoms with Crippen molar-refractivity contribution in [1.82, 2.24) is 34.1 Å². The predicted molar refractivity (Wildman–Crippen MR) is 111 cm³/mol. The third-order valence-electron chi connectivity index (χ3n) is 5.09. The molecule has 5 aromatic rings. The molecule has 9 heteroatoms. The van der Waals surface area contributed by atoms with Gasteiger partial charge in [-0.15, -0.1) is 0 Å². The molecule has 0 fully saturated rings. The normalized spacial score (nSPS) is 11.3. The highest BCUT2D eigenvalue weighted by Gasteiger charge is 2.16. The zero-order valence-corrected chi connectivity index (χ0v) is 16.8. The molecule has 5 rings (SSSR count). The van der Waals surface area contributed by atoms with Crippen LogP contribution in [0.4, 0.5) is 0 Å². The lowest BCUT2D eigenvalue weighted by atomic mass is 10.1. The highest BCUT2D eigenvalue weighted by molar-refractivity contribution is 5.87. The maximum absolute atomic E-state index is 5.44. The lowest BCUT2D eigenvalue weighted by molar-refractivity contribution is 0.391. The first-order chi connectivity index (χ1) is 14.7. The first kappa shape index (κ1) is 18.0. The third kappa shape index (κ3) is 2.83. The smallest absolute Gasteiger partial charge is 0.241 e. The van der Waals surface area contributed by atoms with Crippen molar-refractivity contribution >= 4 is 16.7 Å². The van der Waals surface area contributed by atoms with Gasteiger partial charge >= 0.3 is 0 Å². The number of methoxy groups -OCH3 is 2. The quantitative estimate of drug-likeness (QED) is 0.447. The largest absolute Gasteiger partial charge is 0.481 e. The van der Waals surface area contributed by atoms with E-state index in [2.05, 4.69) is 35.7 Å². The highest BCUT2D eigenvalue weighted by Crippen LogP contribution is 2.32. The van der Waals surface area contributed by atoms with Gasteiger partial charge in [-0.25, -0.2) is 19.5 Å². The SMILES string of the molecule is COc1ncccc1Cn1c(C)nc2ncc(-c3ccn4ncnc(OC)c34)cc21. The minimum atomic E-state index is 0.509. The summed E-state index contributed by atoms with van der Waals surface area (Å²) in [6, 6.07) is 7.95. The van der Waals surface area contributed by atoms with E-state index < -0.39 is 0 Å². The number of rotatable bonds is 5. The first-order valence-corrected chi connectivity index (χ1v) is 9.37. The molecule has 0 bridgehead atoms. The molecule has 0 unspecified atom stereocenters. The van der Waals surface area contributed by atoms with Gasteiger partial charge in [-0.05, 0) is 25.1 Å². The van der Waals surface area contributed by atoms with Gasteiger partial charge < -0.3 is 14.0 Å². The summed E-state index contributed by atoms with van der Waals surface area (Å²) >= 11 is 0. The molecule has 0 N–H and O–H groups in total. The van der Waals surface area contributed by atoms with Gasteiger partial charge in [0.2, 0.25) is 11.8 Å². The van der Waals surface area contributed by atoms with E-state index in [0.29, 0.717) is 24.0 Å². The van der Waals surface area contributed by atoms with E-state index in [1.54, 1.807) is 24.9 Å². The zero-order chi connectivity index (χ0) is 20.7. The van der Waals surface area contributed by atoms with Gasteiger partial charge in [0.25, 0.3) is 0 Å². The predicted octanol–water partition coefficient (Wildman–Crippen LogP) is 2.91. The molecule has 0 spiro atoms. The van der Waals surface area contributed by atoms with Crippen LogP contribution >= 0.6 is 0 Å². The molecule has 150 valence electrons. The Hall–Kier alpha value is -4.01. The minimum absolute atomic E-state index is 0.509. The molecule has 0 radical (unpaired) electrons. The maximum atomic E-state index is 5.44. The van der Waals surface area contributed by atoms with Crippen LogP contribution < -0.4 is 9.47 Å². The van der Waals surface area contributed by atoms with E-state index in [4.69, 9.17) is 9.47 Å². The summed E-state index contributed by atoms with van der Waals surface area (Å²) in [5, 5.41) is 4.26. The van der Waals surface area contributed by atoms with Crippen molar-refractivity contribution in [2.24, 2.45) is 0 Å². The van der Waals surface area contributed by atoms with E-state index in [1.165, 1.54) is 6.33 Å². The number of aryl methyl sites for hydroxylation is 1. The number of nitrogens with zero attached hydrogens (tertiary/aromatic N) is 7. The summed E-state index contributed by atoms with van der Waals surface area (Å²) in [6.07, 6.45) is 6.87. The molecule has 30 heavy (non-hydrogen) atoms. The number of pyridine rings is 2. The van der Waals surface area contributed by atoms with E-state index in [-0.39, 0.29) is 0 Å². The molecule has 0 amide bonds. The van der Waals surface area contributed by atoms with E-state index in [0.717, 1.165) is 33.5 Å². The fraction of sp³-hybridized carbons (Fsp3) is 0.190. The van der Waals surface area contributed by atoms with Crippen molar-refractivity contribution in [3.63, 3.8) is 0 Å². The molecule has 0 atom stereocenters. The number of aromatic nitrogens is 7. The van der Waals surface area contributed by atoms with Crippen LogP contribution in [-0.2, 0) is 6.54 Å². The topological polar surface area (TPSA) is 92.2 Å². The van der Waals surface area contributed by atoms with Crippen LogP contribution in [0.3, 0.4) is 0 Å². The van der Waals surface area contributed by atoms with Crippen molar-refractivity contribution in [3.8, 4) is 22.9 Å². The van der Waals surface area contributed by atoms with Crippen molar-refractivity contribution in [2.75, 3.05) is 14.2 Å². The molecule has 0 aliphatic rings. The second-order valence-corrected chi connectivity index (χ2v) is 6.78. The van der Waals surface area contributed by atoms with Crippen LogP contribution in [0.15, 0.2) is 49.2 Å². The van der Waals surface area contributed by atoms with Crippen LogP contribution in [0.25, 0.3) is 27.8 Å². The van der Waals surface area contributed by atoms with Crippen molar-refractivity contribution in [3.05, 3.63) is 60.6 Å². The number of hydrogen-bond acceptors (Lipinski definition) is 7. The molecule has 0 saturated carbocycles. The van der Waals surface area contributed by atoms with Gasteiger partial charge in [-0.1, -0.05) is 6.07 Å². The van der Waals surface area contributed by atoms with Crippen LogP contribution in [0.5, 0.6) is 11.8 Å². The number of fused-ring (bicyclic) bond motifs is 2. The van der Waals surface area contributed by atoms with Gasteiger partial charge in [0.1, 0.15) is 17.7 Å². The van der Waals surface area contributed by atoms with Gasteiger partial charge in [-0.3, -0.25) is 0 Å². The Balaban J connectivity index is 1.66. The average Bonchev–Trinajstić information content (AvgIpc) is 3.35. The standard InChI is InChI=1S/C21H19N7O2/c1-13-26-19-17(27(13)11-14-5-4-7-22-20(14)29-2)9-15(10-23-19)16-6-8-28-18(16)21(30-3)24-12-25-28/h4-10,12H,11H2,1-3H3. The fourth-order valence-electron chi connectivity index (χ4n) is 3.67. The molecule has 5 aromatic heterocycles. The molecule has 5 heterocycles. The van der Waals surface area contributed by atoms with Gasteiger partial charge in [0.05, 0.1) is 26.3 Å². The average molecular weight is 401 g/mol. The maximum Gasteiger partial charge on any atom is 0.241 e. The van der Waals surface area contributed by atoms with Gasteiger partial charge in [0, 0.05) is 35.3 Å². The van der Waals surface area contributed by atoms with E-state index >= 15 is 0 Å². The third-order valence-corrected chi connectivity index (χ3v) is 5.09. The molecule has 0 aromatic carbocycles. The van der Waals surface area contributed by atoms with E-state index in [9.17, 15) is 0 Å². The Kier molecular flexibility index (Phi) is 4.27.